The number of hydrogen-bond donors (Lipinski definition) is 1. The molecule has 5 heterocycles. The highest BCUT2D eigenvalue weighted by atomic mass is 35.5. The number of amides is 2. The molecule has 1 aliphatic rings. The third-order valence-corrected chi connectivity index (χ3v) is 5.31. The Balaban J connectivity index is 1.41. The number of nitrogens with one attached hydrogen (secondary N) is 1. The van der Waals surface area contributed by atoms with Gasteiger partial charge in [0.05, 0.1) is 11.8 Å². The van der Waals surface area contributed by atoms with Gasteiger partial charge < -0.3 is 10.2 Å². The smallest absolute Gasteiger partial charge is 0.274 e. The number of aromatic nitrogens is 6. The summed E-state index contributed by atoms with van der Waals surface area (Å²) in [5.41, 5.74) is 2.30. The maximum absolute atomic E-state index is 12.9. The van der Waals surface area contributed by atoms with Gasteiger partial charge in [0.1, 0.15) is 10.8 Å². The van der Waals surface area contributed by atoms with Crippen molar-refractivity contribution in [2.24, 2.45) is 7.05 Å². The molecule has 1 saturated heterocycles. The van der Waals surface area contributed by atoms with Crippen LogP contribution in [0.5, 0.6) is 0 Å². The summed E-state index contributed by atoms with van der Waals surface area (Å²) in [5, 5.41) is 11.7. The van der Waals surface area contributed by atoms with Gasteiger partial charge in [-0.1, -0.05) is 11.6 Å². The molecule has 2 amide bonds. The van der Waals surface area contributed by atoms with Gasteiger partial charge in [0, 0.05) is 49.8 Å². The number of halogens is 1. The van der Waals surface area contributed by atoms with Crippen molar-refractivity contribution in [1.82, 2.24) is 34.3 Å². The number of rotatable bonds is 4. The molecule has 4 aromatic heterocycles. The van der Waals surface area contributed by atoms with Crippen LogP contribution in [0.4, 0.5) is 5.69 Å². The van der Waals surface area contributed by atoms with Gasteiger partial charge in [-0.2, -0.15) is 5.10 Å². The van der Waals surface area contributed by atoms with E-state index in [2.05, 4.69) is 25.5 Å². The van der Waals surface area contributed by atoms with E-state index in [9.17, 15) is 9.59 Å². The number of nitrogens with zero attached hydrogens (tertiary/aromatic N) is 7. The molecule has 0 aromatic carbocycles. The third kappa shape index (κ3) is 3.50. The van der Waals surface area contributed by atoms with Crippen molar-refractivity contribution in [1.29, 1.82) is 0 Å². The summed E-state index contributed by atoms with van der Waals surface area (Å²) in [6.07, 6.45) is 5.69. The second kappa shape index (κ2) is 7.47. The van der Waals surface area contributed by atoms with Crippen LogP contribution in [0.3, 0.4) is 0 Å². The molecule has 0 bridgehead atoms. The topological polar surface area (TPSA) is 110 Å². The Morgan fingerprint density at radius 2 is 2.03 bits per heavy atom. The van der Waals surface area contributed by atoms with Crippen molar-refractivity contribution >= 4 is 34.7 Å². The van der Waals surface area contributed by atoms with Crippen LogP contribution in [0.15, 0.2) is 42.9 Å². The van der Waals surface area contributed by atoms with E-state index in [0.29, 0.717) is 41.0 Å². The fourth-order valence-corrected chi connectivity index (χ4v) is 3.54. The molecule has 5 rings (SSSR count). The summed E-state index contributed by atoms with van der Waals surface area (Å²) in [6.45, 7) is 1.40. The summed E-state index contributed by atoms with van der Waals surface area (Å²) >= 11 is 5.95. The van der Waals surface area contributed by atoms with E-state index in [1.807, 2.05) is 0 Å². The van der Waals surface area contributed by atoms with Gasteiger partial charge in [-0.05, 0) is 24.6 Å². The number of aryl methyl sites for hydroxylation is 1. The van der Waals surface area contributed by atoms with Crippen LogP contribution >= 0.6 is 11.6 Å². The highest BCUT2D eigenvalue weighted by molar-refractivity contribution is 6.29. The van der Waals surface area contributed by atoms with E-state index in [0.717, 1.165) is 12.0 Å². The Hall–Kier alpha value is -3.79. The predicted octanol–water partition coefficient (Wildman–Crippen LogP) is 2.28. The molecule has 0 unspecified atom stereocenters. The summed E-state index contributed by atoms with van der Waals surface area (Å²) in [4.78, 5) is 35.7. The molecule has 0 radical (unpaired) electrons. The van der Waals surface area contributed by atoms with E-state index in [1.165, 1.54) is 10.9 Å². The first-order chi connectivity index (χ1) is 15.0. The minimum absolute atomic E-state index is 0.182. The lowest BCUT2D eigenvalue weighted by molar-refractivity contribution is 0.0648. The van der Waals surface area contributed by atoms with Crippen LogP contribution in [0.1, 0.15) is 27.3 Å². The van der Waals surface area contributed by atoms with Gasteiger partial charge in [0.2, 0.25) is 0 Å². The molecule has 10 nitrogen and oxygen atoms in total. The Bertz CT molecular complexity index is 1320. The Morgan fingerprint density at radius 3 is 2.77 bits per heavy atom. The highest BCUT2D eigenvalue weighted by Crippen LogP contribution is 2.21. The molecule has 1 N–H and O–H groups in total. The van der Waals surface area contributed by atoms with Gasteiger partial charge in [0.15, 0.2) is 11.5 Å². The van der Waals surface area contributed by atoms with Gasteiger partial charge in [0.25, 0.3) is 11.8 Å². The second-order valence-corrected chi connectivity index (χ2v) is 7.54. The van der Waals surface area contributed by atoms with E-state index in [-0.39, 0.29) is 11.6 Å². The van der Waals surface area contributed by atoms with Gasteiger partial charge >= 0.3 is 0 Å². The second-order valence-electron chi connectivity index (χ2n) is 7.15. The zero-order valence-corrected chi connectivity index (χ0v) is 17.2. The normalized spacial score (nSPS) is 13.3. The van der Waals surface area contributed by atoms with Crippen molar-refractivity contribution < 1.29 is 9.59 Å². The summed E-state index contributed by atoms with van der Waals surface area (Å²) in [7, 11) is 1.63. The first kappa shape index (κ1) is 19.2. The number of anilines is 1. The molecular weight excluding hydrogens is 420 g/mol. The molecule has 0 aliphatic carbocycles. The van der Waals surface area contributed by atoms with Crippen LogP contribution in [0, 0.1) is 0 Å². The molecular formula is C20H17ClN8O2. The number of hydrogen-bond acceptors (Lipinski definition) is 6. The van der Waals surface area contributed by atoms with Crippen LogP contribution in [0.25, 0.3) is 17.0 Å². The number of pyridine rings is 2. The molecule has 0 spiro atoms. The lowest BCUT2D eigenvalue weighted by atomic mass is 10.1. The number of carbonyl (C=O) groups is 2. The van der Waals surface area contributed by atoms with E-state index in [4.69, 9.17) is 11.6 Å². The quantitative estimate of drug-likeness (QED) is 0.491. The van der Waals surface area contributed by atoms with Crippen molar-refractivity contribution in [3.63, 3.8) is 0 Å². The molecule has 1 fully saturated rings. The van der Waals surface area contributed by atoms with Crippen LogP contribution in [-0.2, 0) is 7.05 Å². The molecule has 156 valence electrons. The number of likely N-dealkylation sites (tertiary alicyclic amines) is 1. The average Bonchev–Trinajstić information content (AvgIpc) is 3.29. The standard InChI is InChI=1S/C20H17ClN8O2/c1-27-17(14(11-23-27)20(31)28-6-2-7-28)19(30)24-13-4-8-29-16(10-13)25-18(26-29)12-3-5-22-15(21)9-12/h3-5,8-11H,2,6-7H2,1H3,(H,24,30). The monoisotopic (exact) mass is 436 g/mol. The van der Waals surface area contributed by atoms with Crippen LogP contribution in [-0.4, -0.2) is 59.2 Å². The fraction of sp³-hybridized carbons (Fsp3) is 0.200. The molecule has 4 aromatic rings. The van der Waals surface area contributed by atoms with Crippen molar-refractivity contribution in [3.05, 3.63) is 59.3 Å². The Labute approximate surface area is 181 Å². The number of carbonyl (C=O) groups excluding carboxylic acids is 2. The molecule has 0 saturated carbocycles. The molecule has 1 aliphatic heterocycles. The average molecular weight is 437 g/mol. The van der Waals surface area contributed by atoms with Crippen LogP contribution < -0.4 is 5.32 Å². The van der Waals surface area contributed by atoms with Gasteiger partial charge in [-0.15, -0.1) is 5.10 Å². The maximum atomic E-state index is 12.9. The maximum Gasteiger partial charge on any atom is 0.274 e. The molecule has 11 heteroatoms. The third-order valence-electron chi connectivity index (χ3n) is 5.11. The molecule has 31 heavy (non-hydrogen) atoms. The number of fused-ring (bicyclic) bond motifs is 1. The highest BCUT2D eigenvalue weighted by Gasteiger charge is 2.28. The van der Waals surface area contributed by atoms with Crippen molar-refractivity contribution in [2.75, 3.05) is 18.4 Å². The minimum atomic E-state index is -0.422. The fourth-order valence-electron chi connectivity index (χ4n) is 3.37. The van der Waals surface area contributed by atoms with Gasteiger partial charge in [-0.25, -0.2) is 14.5 Å². The van der Waals surface area contributed by atoms with E-state index in [1.54, 1.807) is 53.1 Å². The van der Waals surface area contributed by atoms with E-state index < -0.39 is 5.91 Å². The predicted molar refractivity (Wildman–Crippen MR) is 113 cm³/mol. The largest absolute Gasteiger partial charge is 0.338 e. The lowest BCUT2D eigenvalue weighted by Gasteiger charge is -2.30. The zero-order valence-electron chi connectivity index (χ0n) is 16.5. The Kier molecular flexibility index (Phi) is 4.63. The van der Waals surface area contributed by atoms with Crippen LogP contribution in [0.2, 0.25) is 5.15 Å². The zero-order chi connectivity index (χ0) is 21.5. The van der Waals surface area contributed by atoms with Gasteiger partial charge in [-0.3, -0.25) is 14.3 Å². The van der Waals surface area contributed by atoms with Crippen molar-refractivity contribution in [2.45, 2.75) is 6.42 Å². The minimum Gasteiger partial charge on any atom is -0.338 e. The summed E-state index contributed by atoms with van der Waals surface area (Å²) in [6, 6.07) is 6.85. The SMILES string of the molecule is Cn1ncc(C(=O)N2CCC2)c1C(=O)Nc1ccn2nc(-c3ccnc(Cl)c3)nc2c1. The van der Waals surface area contributed by atoms with Crippen molar-refractivity contribution in [3.8, 4) is 11.4 Å². The lowest BCUT2D eigenvalue weighted by Crippen LogP contribution is -2.42. The molecule has 0 atom stereocenters. The first-order valence-electron chi connectivity index (χ1n) is 9.60. The Morgan fingerprint density at radius 1 is 1.19 bits per heavy atom. The van der Waals surface area contributed by atoms with E-state index >= 15 is 0 Å². The summed E-state index contributed by atoms with van der Waals surface area (Å²) < 4.78 is 3.01. The first-order valence-corrected chi connectivity index (χ1v) is 9.98. The summed E-state index contributed by atoms with van der Waals surface area (Å²) in [5.74, 6) is -0.117.